The van der Waals surface area contributed by atoms with E-state index in [2.05, 4.69) is 9.59 Å². The Balaban J connectivity index is 3.05. The number of nitrogens with zero attached hydrogens (tertiary/aromatic N) is 3. The highest BCUT2D eigenvalue weighted by molar-refractivity contribution is 7.12. The zero-order valence-corrected chi connectivity index (χ0v) is 6.21. The van der Waals surface area contributed by atoms with E-state index in [1.165, 1.54) is 6.20 Å². The molecule has 5 nitrogen and oxygen atoms in total. The van der Waals surface area contributed by atoms with Crippen LogP contribution in [0.25, 0.3) is 10.2 Å². The van der Waals surface area contributed by atoms with Gasteiger partial charge in [0.15, 0.2) is 0 Å². The minimum atomic E-state index is -0.252. The number of nitrogens with two attached hydrogens (primary N) is 1. The molecule has 0 saturated heterocycles. The predicted octanol–water partition coefficient (Wildman–Crippen LogP) is -0.433. The fourth-order valence-electron chi connectivity index (χ4n) is 0.791. The van der Waals surface area contributed by atoms with E-state index in [9.17, 15) is 4.79 Å². The lowest BCUT2D eigenvalue weighted by atomic mass is 10.4. The predicted molar refractivity (Wildman–Crippen MR) is 41.8 cm³/mol. The highest BCUT2D eigenvalue weighted by Gasteiger charge is 2.02. The molecule has 0 aliphatic rings. The lowest BCUT2D eigenvalue weighted by Crippen LogP contribution is -2.25. The van der Waals surface area contributed by atoms with E-state index >= 15 is 0 Å². The van der Waals surface area contributed by atoms with Crippen molar-refractivity contribution in [2.75, 3.05) is 5.84 Å². The van der Waals surface area contributed by atoms with Gasteiger partial charge in [0.05, 0.1) is 0 Å². The molecular formula is C5H4N4OS. The van der Waals surface area contributed by atoms with Crippen LogP contribution in [0.2, 0.25) is 0 Å². The summed E-state index contributed by atoms with van der Waals surface area (Å²) in [5.74, 6) is 5.30. The van der Waals surface area contributed by atoms with Gasteiger partial charge < -0.3 is 5.84 Å². The van der Waals surface area contributed by atoms with Gasteiger partial charge in [0.1, 0.15) is 10.2 Å². The summed E-state index contributed by atoms with van der Waals surface area (Å²) < 4.78 is 5.14. The number of nitrogen functional groups attached to an aromatic ring is 1. The van der Waals surface area contributed by atoms with Crippen molar-refractivity contribution in [2.24, 2.45) is 0 Å². The average Bonchev–Trinajstić information content (AvgIpc) is 2.45. The van der Waals surface area contributed by atoms with Crippen molar-refractivity contribution in [2.45, 2.75) is 0 Å². The molecule has 0 atom stereocenters. The van der Waals surface area contributed by atoms with E-state index in [0.29, 0.717) is 10.2 Å². The molecule has 0 aliphatic heterocycles. The molecule has 0 bridgehead atoms. The van der Waals surface area contributed by atoms with Crippen molar-refractivity contribution < 1.29 is 0 Å². The molecule has 2 heterocycles. The van der Waals surface area contributed by atoms with E-state index in [-0.39, 0.29) is 5.56 Å². The molecule has 0 aromatic carbocycles. The normalized spacial score (nSPS) is 10.5. The third kappa shape index (κ3) is 0.795. The molecule has 11 heavy (non-hydrogen) atoms. The molecule has 6 heteroatoms. The maximum absolute atomic E-state index is 11.2. The van der Waals surface area contributed by atoms with Gasteiger partial charge in [-0.2, -0.15) is 0 Å². The maximum atomic E-state index is 11.2. The summed E-state index contributed by atoms with van der Waals surface area (Å²) in [5.41, 5.74) is 0.346. The molecule has 2 aromatic rings. The molecule has 56 valence electrons. The summed E-state index contributed by atoms with van der Waals surface area (Å²) in [6.07, 6.45) is 1.46. The Morgan fingerprint density at radius 1 is 1.64 bits per heavy atom. The molecule has 2 aromatic heterocycles. The lowest BCUT2D eigenvalue weighted by Gasteiger charge is -1.92. The van der Waals surface area contributed by atoms with Crippen LogP contribution in [0.15, 0.2) is 17.1 Å². The Morgan fingerprint density at radius 2 is 2.45 bits per heavy atom. The Bertz CT molecular complexity index is 445. The van der Waals surface area contributed by atoms with E-state index in [0.717, 1.165) is 16.2 Å². The van der Waals surface area contributed by atoms with E-state index in [1.807, 2.05) is 0 Å². The van der Waals surface area contributed by atoms with Gasteiger partial charge in [-0.15, -0.1) is 5.10 Å². The molecule has 0 fully saturated rings. The van der Waals surface area contributed by atoms with Gasteiger partial charge >= 0.3 is 0 Å². The Hall–Kier alpha value is -1.43. The molecule has 0 unspecified atom stereocenters. The molecule has 0 aliphatic carbocycles. The van der Waals surface area contributed by atoms with Crippen LogP contribution in [-0.2, 0) is 0 Å². The first kappa shape index (κ1) is 6.29. The Kier molecular flexibility index (Phi) is 1.16. The molecular weight excluding hydrogens is 164 g/mol. The highest BCUT2D eigenvalue weighted by Crippen LogP contribution is 2.07. The molecule has 0 amide bonds. The SMILES string of the molecule is Nn1ccc2nnsc2c1=O. The minimum Gasteiger partial charge on any atom is -0.336 e. The van der Waals surface area contributed by atoms with Gasteiger partial charge in [-0.3, -0.25) is 4.79 Å². The fraction of sp³-hybridized carbons (Fsp3) is 0. The molecule has 0 spiro atoms. The fourth-order valence-corrected chi connectivity index (χ4v) is 1.39. The van der Waals surface area contributed by atoms with Gasteiger partial charge in [0.2, 0.25) is 0 Å². The molecule has 0 saturated carbocycles. The highest BCUT2D eigenvalue weighted by atomic mass is 32.1. The summed E-state index contributed by atoms with van der Waals surface area (Å²) in [6, 6.07) is 1.65. The average molecular weight is 168 g/mol. The number of hydrogen-bond acceptors (Lipinski definition) is 5. The van der Waals surface area contributed by atoms with Crippen LogP contribution >= 0.6 is 11.5 Å². The van der Waals surface area contributed by atoms with Crippen LogP contribution in [0.3, 0.4) is 0 Å². The summed E-state index contributed by atoms with van der Waals surface area (Å²) in [6.45, 7) is 0. The molecule has 2 N–H and O–H groups in total. The topological polar surface area (TPSA) is 73.8 Å². The van der Waals surface area contributed by atoms with E-state index in [4.69, 9.17) is 5.84 Å². The van der Waals surface area contributed by atoms with Crippen molar-refractivity contribution in [3.63, 3.8) is 0 Å². The van der Waals surface area contributed by atoms with Gasteiger partial charge in [-0.05, 0) is 17.6 Å². The van der Waals surface area contributed by atoms with Crippen LogP contribution in [0.5, 0.6) is 0 Å². The van der Waals surface area contributed by atoms with Crippen molar-refractivity contribution in [3.8, 4) is 0 Å². The van der Waals surface area contributed by atoms with Gasteiger partial charge in [0.25, 0.3) is 5.56 Å². The smallest absolute Gasteiger partial charge is 0.289 e. The second-order valence-electron chi connectivity index (χ2n) is 2.02. The van der Waals surface area contributed by atoms with Gasteiger partial charge in [-0.1, -0.05) is 4.49 Å². The molecule has 2 rings (SSSR count). The largest absolute Gasteiger partial charge is 0.336 e. The van der Waals surface area contributed by atoms with E-state index in [1.54, 1.807) is 6.07 Å². The number of fused-ring (bicyclic) bond motifs is 1. The second kappa shape index (κ2) is 2.03. The van der Waals surface area contributed by atoms with Gasteiger partial charge in [-0.25, -0.2) is 4.68 Å². The van der Waals surface area contributed by atoms with Crippen LogP contribution < -0.4 is 11.4 Å². The van der Waals surface area contributed by atoms with Crippen LogP contribution in [0, 0.1) is 0 Å². The lowest BCUT2D eigenvalue weighted by molar-refractivity contribution is 0.954. The van der Waals surface area contributed by atoms with Crippen LogP contribution in [0.4, 0.5) is 0 Å². The first-order chi connectivity index (χ1) is 5.29. The quantitative estimate of drug-likeness (QED) is 0.541. The first-order valence-corrected chi connectivity index (χ1v) is 3.65. The van der Waals surface area contributed by atoms with Crippen molar-refractivity contribution >= 4 is 21.7 Å². The third-order valence-corrected chi connectivity index (χ3v) is 2.06. The zero-order chi connectivity index (χ0) is 7.84. The number of aromatic nitrogens is 3. The summed E-state index contributed by atoms with van der Waals surface area (Å²) >= 11 is 1.05. The number of hydrogen-bond donors (Lipinski definition) is 1. The number of pyridine rings is 1. The van der Waals surface area contributed by atoms with Crippen LogP contribution in [-0.4, -0.2) is 14.3 Å². The Labute approximate surface area is 65.2 Å². The summed E-state index contributed by atoms with van der Waals surface area (Å²) in [7, 11) is 0. The maximum Gasteiger partial charge on any atom is 0.289 e. The van der Waals surface area contributed by atoms with Crippen LogP contribution in [0.1, 0.15) is 0 Å². The van der Waals surface area contributed by atoms with Crippen molar-refractivity contribution in [1.82, 2.24) is 14.3 Å². The number of rotatable bonds is 0. The van der Waals surface area contributed by atoms with Crippen molar-refractivity contribution in [3.05, 3.63) is 22.6 Å². The minimum absolute atomic E-state index is 0.252. The summed E-state index contributed by atoms with van der Waals surface area (Å²) in [5, 5.41) is 3.72. The first-order valence-electron chi connectivity index (χ1n) is 2.88. The zero-order valence-electron chi connectivity index (χ0n) is 5.39. The summed E-state index contributed by atoms with van der Waals surface area (Å²) in [4.78, 5) is 11.2. The standard InChI is InChI=1S/C5H4N4OS/c6-9-2-1-3-4(5(9)10)11-8-7-3/h1-2H,6H2. The van der Waals surface area contributed by atoms with E-state index < -0.39 is 0 Å². The Morgan fingerprint density at radius 3 is 3.27 bits per heavy atom. The molecule has 0 radical (unpaired) electrons. The van der Waals surface area contributed by atoms with Gasteiger partial charge in [0, 0.05) is 6.20 Å². The second-order valence-corrected chi connectivity index (χ2v) is 2.77. The monoisotopic (exact) mass is 168 g/mol. The third-order valence-electron chi connectivity index (χ3n) is 1.34. The van der Waals surface area contributed by atoms with Crippen molar-refractivity contribution in [1.29, 1.82) is 0 Å².